The van der Waals surface area contributed by atoms with Crippen molar-refractivity contribution in [2.75, 3.05) is 19.8 Å². The Balaban J connectivity index is 1.58. The first-order valence-electron chi connectivity index (χ1n) is 8.48. The van der Waals surface area contributed by atoms with Gasteiger partial charge >= 0.3 is 0 Å². The van der Waals surface area contributed by atoms with Crippen LogP contribution in [0.4, 0.5) is 0 Å². The summed E-state index contributed by atoms with van der Waals surface area (Å²) < 4.78 is 11.1. The van der Waals surface area contributed by atoms with Crippen LogP contribution in [0.3, 0.4) is 0 Å². The zero-order valence-corrected chi connectivity index (χ0v) is 14.0. The third-order valence-electron chi connectivity index (χ3n) is 4.25. The first-order chi connectivity index (χ1) is 11.8. The van der Waals surface area contributed by atoms with Gasteiger partial charge in [-0.05, 0) is 49.6 Å². The molecule has 1 aliphatic rings. The second-order valence-corrected chi connectivity index (χ2v) is 5.85. The summed E-state index contributed by atoms with van der Waals surface area (Å²) in [6.45, 7) is 3.44. The molecule has 1 fully saturated rings. The first-order valence-corrected chi connectivity index (χ1v) is 8.48. The van der Waals surface area contributed by atoms with Crippen LogP contribution >= 0.6 is 0 Å². The Labute approximate surface area is 143 Å². The Kier molecular flexibility index (Phi) is 5.36. The normalized spacial score (nSPS) is 16.9. The quantitative estimate of drug-likeness (QED) is 0.810. The average Bonchev–Trinajstić information content (AvgIpc) is 3.12. The van der Waals surface area contributed by atoms with Crippen molar-refractivity contribution in [3.63, 3.8) is 0 Å². The second-order valence-electron chi connectivity index (χ2n) is 5.85. The van der Waals surface area contributed by atoms with Gasteiger partial charge in [0.2, 0.25) is 0 Å². The molecule has 0 spiro atoms. The Morgan fingerprint density at radius 2 is 1.71 bits per heavy atom. The molecule has 0 bridgehead atoms. The molecule has 24 heavy (non-hydrogen) atoms. The van der Waals surface area contributed by atoms with Gasteiger partial charge in [-0.3, -0.25) is 4.79 Å². The summed E-state index contributed by atoms with van der Waals surface area (Å²) in [5.74, 6) is 1.53. The molecule has 1 aliphatic heterocycles. The van der Waals surface area contributed by atoms with E-state index in [1.807, 2.05) is 54.3 Å². The fourth-order valence-corrected chi connectivity index (χ4v) is 3.11. The number of amides is 1. The maximum Gasteiger partial charge on any atom is 0.261 e. The van der Waals surface area contributed by atoms with Gasteiger partial charge in [0, 0.05) is 6.54 Å². The van der Waals surface area contributed by atoms with Crippen LogP contribution in [-0.4, -0.2) is 30.6 Å². The fourth-order valence-electron chi connectivity index (χ4n) is 3.11. The molecule has 1 heterocycles. The zero-order valence-electron chi connectivity index (χ0n) is 14.0. The molecule has 0 aliphatic carbocycles. The van der Waals surface area contributed by atoms with E-state index in [1.165, 1.54) is 5.56 Å². The zero-order chi connectivity index (χ0) is 16.8. The van der Waals surface area contributed by atoms with Crippen molar-refractivity contribution in [3.05, 3.63) is 60.2 Å². The van der Waals surface area contributed by atoms with Crippen molar-refractivity contribution < 1.29 is 14.3 Å². The Morgan fingerprint density at radius 3 is 2.38 bits per heavy atom. The molecule has 0 saturated carbocycles. The lowest BCUT2D eigenvalue weighted by molar-refractivity contribution is -0.134. The molecule has 2 aromatic rings. The van der Waals surface area contributed by atoms with Crippen LogP contribution in [0.2, 0.25) is 0 Å². The summed E-state index contributed by atoms with van der Waals surface area (Å²) in [4.78, 5) is 14.5. The number of hydrogen-bond donors (Lipinski definition) is 0. The summed E-state index contributed by atoms with van der Waals surface area (Å²) in [5, 5.41) is 0. The van der Waals surface area contributed by atoms with Crippen molar-refractivity contribution >= 4 is 5.91 Å². The van der Waals surface area contributed by atoms with Gasteiger partial charge < -0.3 is 14.4 Å². The number of benzene rings is 2. The Morgan fingerprint density at radius 1 is 1.04 bits per heavy atom. The first kappa shape index (κ1) is 16.4. The van der Waals surface area contributed by atoms with Gasteiger partial charge in [0.15, 0.2) is 6.61 Å². The van der Waals surface area contributed by atoms with Crippen molar-refractivity contribution in [2.45, 2.75) is 25.8 Å². The molecular weight excluding hydrogens is 302 g/mol. The molecule has 2 aromatic carbocycles. The summed E-state index contributed by atoms with van der Waals surface area (Å²) in [5.41, 5.74) is 1.20. The average molecular weight is 325 g/mol. The number of likely N-dealkylation sites (tertiary alicyclic amines) is 1. The molecule has 0 radical (unpaired) electrons. The largest absolute Gasteiger partial charge is 0.494 e. The number of rotatable bonds is 6. The minimum absolute atomic E-state index is 0.0373. The van der Waals surface area contributed by atoms with Crippen LogP contribution in [0, 0.1) is 0 Å². The van der Waals surface area contributed by atoms with Gasteiger partial charge in [0.05, 0.1) is 12.6 Å². The molecule has 0 N–H and O–H groups in total. The molecule has 1 saturated heterocycles. The highest BCUT2D eigenvalue weighted by Crippen LogP contribution is 2.31. The number of carbonyl (C=O) groups is 1. The fraction of sp³-hybridized carbons (Fsp3) is 0.350. The Bertz CT molecular complexity index is 654. The van der Waals surface area contributed by atoms with Crippen LogP contribution in [0.5, 0.6) is 11.5 Å². The van der Waals surface area contributed by atoms with Gasteiger partial charge in [-0.2, -0.15) is 0 Å². The van der Waals surface area contributed by atoms with Crippen LogP contribution in [0.25, 0.3) is 0 Å². The van der Waals surface area contributed by atoms with Crippen molar-refractivity contribution in [3.8, 4) is 11.5 Å². The highest BCUT2D eigenvalue weighted by atomic mass is 16.5. The van der Waals surface area contributed by atoms with E-state index in [9.17, 15) is 4.79 Å². The molecule has 1 atom stereocenters. The van der Waals surface area contributed by atoms with Gasteiger partial charge in [-0.15, -0.1) is 0 Å². The topological polar surface area (TPSA) is 38.8 Å². The number of nitrogens with zero attached hydrogens (tertiary/aromatic N) is 1. The SMILES string of the molecule is CCOc1ccc(OCC(=O)N2CCCC2c2ccccc2)cc1. The van der Waals surface area contributed by atoms with Gasteiger partial charge in [-0.25, -0.2) is 0 Å². The highest BCUT2D eigenvalue weighted by molar-refractivity contribution is 5.78. The van der Waals surface area contributed by atoms with Crippen LogP contribution in [-0.2, 0) is 4.79 Å². The molecule has 1 amide bonds. The highest BCUT2D eigenvalue weighted by Gasteiger charge is 2.29. The van der Waals surface area contributed by atoms with Crippen LogP contribution in [0.1, 0.15) is 31.4 Å². The Hall–Kier alpha value is -2.49. The third-order valence-corrected chi connectivity index (χ3v) is 4.25. The number of carbonyl (C=O) groups excluding carboxylic acids is 1. The minimum Gasteiger partial charge on any atom is -0.494 e. The monoisotopic (exact) mass is 325 g/mol. The van der Waals surface area contributed by atoms with E-state index in [0.717, 1.165) is 25.1 Å². The molecule has 0 aromatic heterocycles. The summed E-state index contributed by atoms with van der Waals surface area (Å²) in [6.07, 6.45) is 2.05. The van der Waals surface area contributed by atoms with Crippen LogP contribution in [0.15, 0.2) is 54.6 Å². The lowest BCUT2D eigenvalue weighted by Crippen LogP contribution is -2.34. The van der Waals surface area contributed by atoms with E-state index in [1.54, 1.807) is 0 Å². The van der Waals surface area contributed by atoms with E-state index in [4.69, 9.17) is 9.47 Å². The number of hydrogen-bond acceptors (Lipinski definition) is 3. The standard InChI is InChI=1S/C20H23NO3/c1-2-23-17-10-12-18(13-11-17)24-15-20(22)21-14-6-9-19(21)16-7-4-3-5-8-16/h3-5,7-8,10-13,19H,2,6,9,14-15H2,1H3. The molecule has 4 nitrogen and oxygen atoms in total. The van der Waals surface area contributed by atoms with E-state index in [2.05, 4.69) is 12.1 Å². The van der Waals surface area contributed by atoms with E-state index in [0.29, 0.717) is 12.4 Å². The molecule has 1 unspecified atom stereocenters. The summed E-state index contributed by atoms with van der Waals surface area (Å²) in [7, 11) is 0. The second kappa shape index (κ2) is 7.86. The minimum atomic E-state index is 0.0373. The smallest absolute Gasteiger partial charge is 0.261 e. The maximum atomic E-state index is 12.5. The number of ether oxygens (including phenoxy) is 2. The van der Waals surface area contributed by atoms with Crippen molar-refractivity contribution in [2.24, 2.45) is 0 Å². The lowest BCUT2D eigenvalue weighted by Gasteiger charge is -2.25. The predicted octanol–water partition coefficient (Wildman–Crippen LogP) is 3.83. The summed E-state index contributed by atoms with van der Waals surface area (Å²) in [6, 6.07) is 17.8. The van der Waals surface area contributed by atoms with Gasteiger partial charge in [0.25, 0.3) is 5.91 Å². The van der Waals surface area contributed by atoms with Crippen LogP contribution < -0.4 is 9.47 Å². The van der Waals surface area contributed by atoms with E-state index < -0.39 is 0 Å². The van der Waals surface area contributed by atoms with Gasteiger partial charge in [-0.1, -0.05) is 30.3 Å². The lowest BCUT2D eigenvalue weighted by atomic mass is 10.0. The maximum absolute atomic E-state index is 12.5. The van der Waals surface area contributed by atoms with Crippen molar-refractivity contribution in [1.29, 1.82) is 0 Å². The van der Waals surface area contributed by atoms with Crippen molar-refractivity contribution in [1.82, 2.24) is 4.90 Å². The van der Waals surface area contributed by atoms with E-state index in [-0.39, 0.29) is 18.6 Å². The molecular formula is C20H23NO3. The van der Waals surface area contributed by atoms with E-state index >= 15 is 0 Å². The molecule has 4 heteroatoms. The predicted molar refractivity (Wildman–Crippen MR) is 93.2 cm³/mol. The third kappa shape index (κ3) is 3.88. The summed E-state index contributed by atoms with van der Waals surface area (Å²) >= 11 is 0. The molecule has 126 valence electrons. The molecule has 3 rings (SSSR count). The van der Waals surface area contributed by atoms with Gasteiger partial charge in [0.1, 0.15) is 11.5 Å².